The van der Waals surface area contributed by atoms with Crippen molar-refractivity contribution in [3.63, 3.8) is 0 Å². The van der Waals surface area contributed by atoms with Gasteiger partial charge in [-0.25, -0.2) is 0 Å². The van der Waals surface area contributed by atoms with E-state index in [1.807, 2.05) is 51.1 Å². The van der Waals surface area contributed by atoms with E-state index in [4.69, 9.17) is 8.92 Å². The number of ether oxygens (including phenoxy) is 1. The van der Waals surface area contributed by atoms with Gasteiger partial charge >= 0.3 is 16.1 Å². The normalized spacial score (nSPS) is 13.0. The fourth-order valence-electron chi connectivity index (χ4n) is 2.54. The summed E-state index contributed by atoms with van der Waals surface area (Å²) < 4.78 is 32.8. The first-order valence-electron chi connectivity index (χ1n) is 9.00. The summed E-state index contributed by atoms with van der Waals surface area (Å²) in [4.78, 5) is 12.7. The molecule has 0 spiro atoms. The first kappa shape index (κ1) is 21.9. The molecule has 1 atom stereocenters. The molecule has 1 unspecified atom stereocenters. The fourth-order valence-corrected chi connectivity index (χ4v) is 3.00. The lowest BCUT2D eigenvalue weighted by atomic mass is 10.0. The van der Waals surface area contributed by atoms with Gasteiger partial charge in [-0.2, -0.15) is 8.42 Å². The molecule has 7 heteroatoms. The third-order valence-electron chi connectivity index (χ3n) is 3.70. The van der Waals surface area contributed by atoms with E-state index in [0.717, 1.165) is 17.4 Å². The van der Waals surface area contributed by atoms with Gasteiger partial charge in [-0.1, -0.05) is 42.5 Å². The van der Waals surface area contributed by atoms with E-state index in [1.54, 1.807) is 24.3 Å². The Balaban J connectivity index is 2.10. The fraction of sp³-hybridized carbons (Fsp3) is 0.381. The van der Waals surface area contributed by atoms with Crippen LogP contribution in [0.2, 0.25) is 0 Å². The molecule has 0 aliphatic rings. The van der Waals surface area contributed by atoms with Crippen LogP contribution in [0.4, 0.5) is 0 Å². The monoisotopic (exact) mass is 405 g/mol. The topological polar surface area (TPSA) is 81.7 Å². The van der Waals surface area contributed by atoms with Gasteiger partial charge in [0.25, 0.3) is 0 Å². The first-order valence-corrected chi connectivity index (χ1v) is 10.8. The van der Waals surface area contributed by atoms with Crippen LogP contribution in [0, 0.1) is 0 Å². The van der Waals surface area contributed by atoms with Gasteiger partial charge in [-0.15, -0.1) is 0 Å². The Morgan fingerprint density at radius 2 is 1.61 bits per heavy atom. The number of hydrogen-bond donors (Lipinski definition) is 1. The van der Waals surface area contributed by atoms with Crippen LogP contribution in [0.5, 0.6) is 5.75 Å². The molecule has 0 saturated carbocycles. The van der Waals surface area contributed by atoms with Gasteiger partial charge in [0, 0.05) is 6.54 Å². The third kappa shape index (κ3) is 8.10. The molecule has 0 bridgehead atoms. The van der Waals surface area contributed by atoms with E-state index < -0.39 is 21.8 Å². The number of hydrogen-bond acceptors (Lipinski definition) is 6. The van der Waals surface area contributed by atoms with Crippen molar-refractivity contribution >= 4 is 16.1 Å². The maximum absolute atomic E-state index is 12.7. The number of carbonyl (C=O) groups excluding carboxylic acids is 1. The molecule has 2 aromatic carbocycles. The highest BCUT2D eigenvalue weighted by molar-refractivity contribution is 7.86. The Bertz CT molecular complexity index is 871. The SMILES string of the molecule is CC(C)(C)OC(=O)C(Cc1ccc(OS(C)(=O)=O)cc1)NCc1ccccc1. The largest absolute Gasteiger partial charge is 0.459 e. The van der Waals surface area contributed by atoms with Gasteiger partial charge in [0.15, 0.2) is 0 Å². The van der Waals surface area contributed by atoms with Crippen LogP contribution in [0.1, 0.15) is 31.9 Å². The standard InChI is InChI=1S/C21H27NO5S/c1-21(2,3)26-20(23)19(22-15-17-8-6-5-7-9-17)14-16-10-12-18(13-11-16)27-28(4,24)25/h5-13,19,22H,14-15H2,1-4H3. The van der Waals surface area contributed by atoms with Gasteiger partial charge in [0.05, 0.1) is 6.26 Å². The van der Waals surface area contributed by atoms with Crippen molar-refractivity contribution in [1.29, 1.82) is 0 Å². The highest BCUT2D eigenvalue weighted by Crippen LogP contribution is 2.17. The molecule has 0 amide bonds. The van der Waals surface area contributed by atoms with Crippen LogP contribution < -0.4 is 9.50 Å². The van der Waals surface area contributed by atoms with Crippen LogP contribution >= 0.6 is 0 Å². The van der Waals surface area contributed by atoms with Gasteiger partial charge in [-0.05, 0) is 50.5 Å². The van der Waals surface area contributed by atoms with Crippen molar-refractivity contribution in [3.05, 3.63) is 65.7 Å². The highest BCUT2D eigenvalue weighted by Gasteiger charge is 2.25. The number of rotatable bonds is 8. The van der Waals surface area contributed by atoms with Gasteiger partial charge in [-0.3, -0.25) is 4.79 Å². The molecule has 0 heterocycles. The smallest absolute Gasteiger partial charge is 0.324 e. The van der Waals surface area contributed by atoms with Gasteiger partial charge < -0.3 is 14.2 Å². The summed E-state index contributed by atoms with van der Waals surface area (Å²) in [5, 5.41) is 3.26. The van der Waals surface area contributed by atoms with Crippen LogP contribution in [-0.2, 0) is 32.6 Å². The van der Waals surface area contributed by atoms with E-state index in [2.05, 4.69) is 5.32 Å². The average Bonchev–Trinajstić information content (AvgIpc) is 2.58. The lowest BCUT2D eigenvalue weighted by Crippen LogP contribution is -2.42. The number of carbonyl (C=O) groups is 1. The second-order valence-electron chi connectivity index (χ2n) is 7.59. The second-order valence-corrected chi connectivity index (χ2v) is 9.16. The molecule has 6 nitrogen and oxygen atoms in total. The van der Waals surface area contributed by atoms with E-state index >= 15 is 0 Å². The molecule has 0 aliphatic heterocycles. The van der Waals surface area contributed by atoms with Crippen LogP contribution in [-0.4, -0.2) is 32.3 Å². The molecule has 28 heavy (non-hydrogen) atoms. The molecule has 0 radical (unpaired) electrons. The third-order valence-corrected chi connectivity index (χ3v) is 4.19. The van der Waals surface area contributed by atoms with Crippen molar-refractivity contribution in [1.82, 2.24) is 5.32 Å². The maximum Gasteiger partial charge on any atom is 0.324 e. The van der Waals surface area contributed by atoms with Crippen molar-refractivity contribution < 1.29 is 22.1 Å². The summed E-state index contributed by atoms with van der Waals surface area (Å²) >= 11 is 0. The van der Waals surface area contributed by atoms with Gasteiger partial charge in [0.1, 0.15) is 17.4 Å². The van der Waals surface area contributed by atoms with Crippen molar-refractivity contribution in [3.8, 4) is 5.75 Å². The molecule has 0 aromatic heterocycles. The van der Waals surface area contributed by atoms with E-state index in [0.29, 0.717) is 13.0 Å². The lowest BCUT2D eigenvalue weighted by Gasteiger charge is -2.25. The highest BCUT2D eigenvalue weighted by atomic mass is 32.2. The van der Waals surface area contributed by atoms with E-state index in [1.165, 1.54) is 0 Å². The lowest BCUT2D eigenvalue weighted by molar-refractivity contribution is -0.157. The maximum atomic E-state index is 12.7. The van der Waals surface area contributed by atoms with Crippen LogP contribution in [0.25, 0.3) is 0 Å². The molecular weight excluding hydrogens is 378 g/mol. The Labute approximate surface area is 167 Å². The minimum atomic E-state index is -3.57. The van der Waals surface area contributed by atoms with Crippen LogP contribution in [0.3, 0.4) is 0 Å². The van der Waals surface area contributed by atoms with Crippen molar-refractivity contribution in [2.75, 3.05) is 6.26 Å². The number of esters is 1. The summed E-state index contributed by atoms with van der Waals surface area (Å²) in [7, 11) is -3.57. The van der Waals surface area contributed by atoms with Crippen LogP contribution in [0.15, 0.2) is 54.6 Å². The first-order chi connectivity index (χ1) is 13.0. The molecule has 1 N–H and O–H groups in total. The molecule has 0 saturated heterocycles. The Kier molecular flexibility index (Phi) is 7.21. The number of benzene rings is 2. The molecule has 2 aromatic rings. The second kappa shape index (κ2) is 9.21. The Morgan fingerprint density at radius 3 is 2.14 bits per heavy atom. The predicted octanol–water partition coefficient (Wildman–Crippen LogP) is 3.07. The zero-order chi connectivity index (χ0) is 20.8. The summed E-state index contributed by atoms with van der Waals surface area (Å²) in [6.45, 7) is 6.02. The summed E-state index contributed by atoms with van der Waals surface area (Å²) in [5.41, 5.74) is 1.34. The van der Waals surface area contributed by atoms with Crippen molar-refractivity contribution in [2.45, 2.75) is 45.4 Å². The zero-order valence-corrected chi connectivity index (χ0v) is 17.5. The predicted molar refractivity (Wildman–Crippen MR) is 109 cm³/mol. The Morgan fingerprint density at radius 1 is 1.00 bits per heavy atom. The summed E-state index contributed by atoms with van der Waals surface area (Å²) in [5.74, 6) is -0.0998. The number of nitrogens with one attached hydrogen (secondary N) is 1. The molecule has 2 rings (SSSR count). The minimum absolute atomic E-state index is 0.234. The minimum Gasteiger partial charge on any atom is -0.459 e. The summed E-state index contributed by atoms with van der Waals surface area (Å²) in [6, 6.07) is 15.9. The zero-order valence-electron chi connectivity index (χ0n) is 16.6. The average molecular weight is 406 g/mol. The van der Waals surface area contributed by atoms with E-state index in [9.17, 15) is 13.2 Å². The molecule has 0 aliphatic carbocycles. The Hall–Kier alpha value is -2.38. The molecular formula is C21H27NO5S. The molecule has 152 valence electrons. The quantitative estimate of drug-likeness (QED) is 0.537. The molecule has 0 fully saturated rings. The summed E-state index contributed by atoms with van der Waals surface area (Å²) in [6.07, 6.45) is 1.40. The van der Waals surface area contributed by atoms with Crippen molar-refractivity contribution in [2.24, 2.45) is 0 Å². The van der Waals surface area contributed by atoms with Gasteiger partial charge in [0.2, 0.25) is 0 Å². The van der Waals surface area contributed by atoms with E-state index in [-0.39, 0.29) is 11.7 Å².